The zero-order valence-electron chi connectivity index (χ0n) is 12.0. The number of hydrogen-bond donors (Lipinski definition) is 1. The topological polar surface area (TPSA) is 58.5 Å². The molecule has 0 radical (unpaired) electrons. The first-order valence-corrected chi connectivity index (χ1v) is 7.33. The van der Waals surface area contributed by atoms with Crippen molar-refractivity contribution in [2.45, 2.75) is 65.2 Å². The van der Waals surface area contributed by atoms with Crippen molar-refractivity contribution >= 4 is 17.4 Å². The quantitative estimate of drug-likeness (QED) is 0.780. The zero-order chi connectivity index (χ0) is 13.9. The first-order chi connectivity index (χ1) is 8.96. The second-order valence-corrected chi connectivity index (χ2v) is 6.72. The molecule has 0 heterocycles. The van der Waals surface area contributed by atoms with Crippen molar-refractivity contribution in [3.05, 3.63) is 0 Å². The van der Waals surface area contributed by atoms with Crippen LogP contribution >= 0.6 is 0 Å². The minimum atomic E-state index is -0.0241. The van der Waals surface area contributed by atoms with Crippen molar-refractivity contribution in [3.63, 3.8) is 0 Å². The predicted octanol–water partition coefficient (Wildman–Crippen LogP) is 2.82. The summed E-state index contributed by atoms with van der Waals surface area (Å²) in [6.07, 6.45) is 7.27. The number of amides is 1. The summed E-state index contributed by atoms with van der Waals surface area (Å²) in [6.45, 7) is 4.14. The van der Waals surface area contributed by atoms with Crippen LogP contribution in [0.15, 0.2) is 5.10 Å². The monoisotopic (exact) mass is 264 g/mol. The Labute approximate surface area is 115 Å². The van der Waals surface area contributed by atoms with E-state index >= 15 is 0 Å². The minimum absolute atomic E-state index is 0.0241. The Balaban J connectivity index is 1.90. The summed E-state index contributed by atoms with van der Waals surface area (Å²) in [4.78, 5) is 23.6. The number of ketones is 1. The van der Waals surface area contributed by atoms with Gasteiger partial charge in [-0.2, -0.15) is 5.10 Å². The van der Waals surface area contributed by atoms with Gasteiger partial charge in [0.25, 0.3) is 0 Å². The molecule has 2 rings (SSSR count). The molecule has 2 fully saturated rings. The van der Waals surface area contributed by atoms with Crippen LogP contribution in [0.3, 0.4) is 0 Å². The van der Waals surface area contributed by atoms with Crippen molar-refractivity contribution in [3.8, 4) is 0 Å². The summed E-state index contributed by atoms with van der Waals surface area (Å²) < 4.78 is 0. The summed E-state index contributed by atoms with van der Waals surface area (Å²) in [5.74, 6) is 0.371. The Morgan fingerprint density at radius 1 is 1.21 bits per heavy atom. The number of rotatable bonds is 2. The molecule has 0 unspecified atom stereocenters. The number of carbonyl (C=O) groups excluding carboxylic acids is 2. The maximum atomic E-state index is 12.0. The average Bonchev–Trinajstić information content (AvgIpc) is 2.34. The van der Waals surface area contributed by atoms with Crippen LogP contribution in [0.4, 0.5) is 0 Å². The maximum absolute atomic E-state index is 12.0. The summed E-state index contributed by atoms with van der Waals surface area (Å²) in [6, 6.07) is 0. The molecular weight excluding hydrogens is 240 g/mol. The summed E-state index contributed by atoms with van der Waals surface area (Å²) in [7, 11) is 0. The second kappa shape index (κ2) is 5.85. The van der Waals surface area contributed by atoms with Crippen LogP contribution in [0.2, 0.25) is 0 Å². The molecule has 106 valence electrons. The molecule has 0 aliphatic heterocycles. The maximum Gasteiger partial charge on any atom is 0.243 e. The Morgan fingerprint density at radius 2 is 1.89 bits per heavy atom. The van der Waals surface area contributed by atoms with Crippen LogP contribution in [-0.4, -0.2) is 17.4 Å². The highest BCUT2D eigenvalue weighted by Crippen LogP contribution is 2.31. The Hall–Kier alpha value is -1.19. The second-order valence-electron chi connectivity index (χ2n) is 6.72. The van der Waals surface area contributed by atoms with Gasteiger partial charge >= 0.3 is 0 Å². The van der Waals surface area contributed by atoms with E-state index in [4.69, 9.17) is 0 Å². The van der Waals surface area contributed by atoms with Crippen molar-refractivity contribution in [2.24, 2.45) is 16.4 Å². The minimum Gasteiger partial charge on any atom is -0.299 e. The Morgan fingerprint density at radius 3 is 2.53 bits per heavy atom. The molecule has 1 N–H and O–H groups in total. The fraction of sp³-hybridized carbons (Fsp3) is 0.800. The van der Waals surface area contributed by atoms with E-state index in [-0.39, 0.29) is 23.0 Å². The van der Waals surface area contributed by atoms with Crippen LogP contribution in [0.1, 0.15) is 65.2 Å². The summed E-state index contributed by atoms with van der Waals surface area (Å²) in [5, 5.41) is 4.20. The molecule has 2 aliphatic carbocycles. The van der Waals surface area contributed by atoms with Gasteiger partial charge in [-0.3, -0.25) is 9.59 Å². The summed E-state index contributed by atoms with van der Waals surface area (Å²) >= 11 is 0. The van der Waals surface area contributed by atoms with E-state index in [1.54, 1.807) is 0 Å². The van der Waals surface area contributed by atoms with Gasteiger partial charge in [-0.15, -0.1) is 0 Å². The van der Waals surface area contributed by atoms with Crippen LogP contribution in [0.25, 0.3) is 0 Å². The van der Waals surface area contributed by atoms with Crippen LogP contribution in [-0.2, 0) is 9.59 Å². The smallest absolute Gasteiger partial charge is 0.243 e. The Bertz CT molecular complexity index is 393. The molecule has 0 aromatic rings. The molecule has 0 atom stereocenters. The highest BCUT2D eigenvalue weighted by atomic mass is 16.2. The molecule has 0 bridgehead atoms. The van der Waals surface area contributed by atoms with Gasteiger partial charge in [0.05, 0.1) is 0 Å². The molecule has 4 nitrogen and oxygen atoms in total. The normalized spacial score (nSPS) is 26.4. The number of hydrazone groups is 1. The van der Waals surface area contributed by atoms with Gasteiger partial charge in [-0.1, -0.05) is 33.1 Å². The highest BCUT2D eigenvalue weighted by molar-refractivity contribution is 6.05. The van der Waals surface area contributed by atoms with Gasteiger partial charge in [-0.05, 0) is 24.7 Å². The third-order valence-electron chi connectivity index (χ3n) is 4.06. The first-order valence-electron chi connectivity index (χ1n) is 7.33. The van der Waals surface area contributed by atoms with Gasteiger partial charge in [-0.25, -0.2) is 5.43 Å². The van der Waals surface area contributed by atoms with Crippen LogP contribution in [0, 0.1) is 11.3 Å². The molecule has 0 aromatic heterocycles. The van der Waals surface area contributed by atoms with Crippen LogP contribution in [0.5, 0.6) is 0 Å². The molecule has 0 saturated heterocycles. The molecule has 19 heavy (non-hydrogen) atoms. The number of carbonyl (C=O) groups is 2. The zero-order valence-corrected chi connectivity index (χ0v) is 12.0. The third kappa shape index (κ3) is 4.15. The lowest BCUT2D eigenvalue weighted by atomic mass is 9.76. The van der Waals surface area contributed by atoms with Crippen molar-refractivity contribution in [2.75, 3.05) is 0 Å². The van der Waals surface area contributed by atoms with Gasteiger partial charge in [0.15, 0.2) is 0 Å². The number of Topliss-reactive ketones (excluding diaryl/α,β-unsaturated/α-hetero) is 1. The number of nitrogens with one attached hydrogen (secondary N) is 1. The molecular formula is C15H24N2O2. The highest BCUT2D eigenvalue weighted by Gasteiger charge is 2.30. The van der Waals surface area contributed by atoms with Crippen molar-refractivity contribution in [1.82, 2.24) is 5.43 Å². The number of nitrogens with zero attached hydrogens (tertiary/aromatic N) is 1. The van der Waals surface area contributed by atoms with Crippen molar-refractivity contribution in [1.29, 1.82) is 0 Å². The molecule has 0 aromatic carbocycles. The molecule has 0 spiro atoms. The lowest BCUT2D eigenvalue weighted by Crippen LogP contribution is -2.33. The average molecular weight is 264 g/mol. The number of hydrogen-bond acceptors (Lipinski definition) is 3. The van der Waals surface area contributed by atoms with Gasteiger partial charge < -0.3 is 0 Å². The van der Waals surface area contributed by atoms with Crippen molar-refractivity contribution < 1.29 is 9.59 Å². The SMILES string of the molecule is CC1(C)CC(=O)CC(=NNC(=O)C2CCCCC2)C1. The van der Waals surface area contributed by atoms with E-state index < -0.39 is 0 Å². The molecule has 4 heteroatoms. The van der Waals surface area contributed by atoms with Crippen LogP contribution < -0.4 is 5.43 Å². The van der Waals surface area contributed by atoms with E-state index in [0.29, 0.717) is 12.8 Å². The van der Waals surface area contributed by atoms with Gasteiger partial charge in [0.1, 0.15) is 5.78 Å². The van der Waals surface area contributed by atoms with E-state index in [2.05, 4.69) is 24.4 Å². The lowest BCUT2D eigenvalue weighted by Gasteiger charge is -2.29. The lowest BCUT2D eigenvalue weighted by molar-refractivity contribution is -0.126. The van der Waals surface area contributed by atoms with Gasteiger partial charge in [0.2, 0.25) is 5.91 Å². The fourth-order valence-electron chi connectivity index (χ4n) is 3.17. The summed E-state index contributed by atoms with van der Waals surface area (Å²) in [5.41, 5.74) is 3.48. The fourth-order valence-corrected chi connectivity index (χ4v) is 3.17. The molecule has 2 saturated carbocycles. The van der Waals surface area contributed by atoms with Gasteiger partial charge in [0, 0.05) is 24.5 Å². The van der Waals surface area contributed by atoms with E-state index in [1.165, 1.54) is 6.42 Å². The predicted molar refractivity (Wildman–Crippen MR) is 74.8 cm³/mol. The van der Waals surface area contributed by atoms with E-state index in [0.717, 1.165) is 37.8 Å². The molecule has 2 aliphatic rings. The standard InChI is InChI=1S/C15H24N2O2/c1-15(2)9-12(8-13(18)10-15)16-17-14(19)11-6-4-3-5-7-11/h11H,3-10H2,1-2H3,(H,17,19). The third-order valence-corrected chi connectivity index (χ3v) is 4.06. The molecule has 1 amide bonds. The first kappa shape index (κ1) is 14.2. The largest absolute Gasteiger partial charge is 0.299 e. The van der Waals surface area contributed by atoms with E-state index in [9.17, 15) is 9.59 Å². The van der Waals surface area contributed by atoms with E-state index in [1.807, 2.05) is 0 Å². The Kier molecular flexibility index (Phi) is 4.38.